The van der Waals surface area contributed by atoms with E-state index in [1.165, 1.54) is 0 Å². The lowest BCUT2D eigenvalue weighted by Crippen LogP contribution is -2.51. The van der Waals surface area contributed by atoms with E-state index >= 15 is 0 Å². The molecule has 1 fully saturated rings. The third-order valence-corrected chi connectivity index (χ3v) is 2.61. The first-order valence-corrected chi connectivity index (χ1v) is 4.96. The van der Waals surface area contributed by atoms with Gasteiger partial charge in [0.05, 0.1) is 6.07 Å². The zero-order valence-corrected chi connectivity index (χ0v) is 8.61. The van der Waals surface area contributed by atoms with Crippen LogP contribution < -0.4 is 5.32 Å². The van der Waals surface area contributed by atoms with Gasteiger partial charge in [0.15, 0.2) is 0 Å². The van der Waals surface area contributed by atoms with Crippen LogP contribution in [-0.4, -0.2) is 17.5 Å². The van der Waals surface area contributed by atoms with E-state index in [-0.39, 0.29) is 31.7 Å². The van der Waals surface area contributed by atoms with Crippen molar-refractivity contribution >= 4 is 0 Å². The maximum absolute atomic E-state index is 12.9. The monoisotopic (exact) mass is 202 g/mol. The summed E-state index contributed by atoms with van der Waals surface area (Å²) in [6, 6.07) is 2.30. The molecule has 0 aromatic rings. The van der Waals surface area contributed by atoms with Gasteiger partial charge in [0.1, 0.15) is 5.54 Å². The Kier molecular flexibility index (Phi) is 3.10. The lowest BCUT2D eigenvalue weighted by molar-refractivity contribution is -0.0491. The zero-order chi connectivity index (χ0) is 10.8. The summed E-state index contributed by atoms with van der Waals surface area (Å²) in [5, 5.41) is 12.1. The van der Waals surface area contributed by atoms with E-state index in [2.05, 4.69) is 11.4 Å². The maximum atomic E-state index is 12.9. The summed E-state index contributed by atoms with van der Waals surface area (Å²) in [5.74, 6) is -2.57. The van der Waals surface area contributed by atoms with Crippen LogP contribution in [0.1, 0.15) is 39.5 Å². The Bertz CT molecular complexity index is 233. The molecule has 0 aliphatic heterocycles. The number of nitrogens with one attached hydrogen (secondary N) is 1. The maximum Gasteiger partial charge on any atom is 0.248 e. The van der Waals surface area contributed by atoms with E-state index < -0.39 is 11.5 Å². The van der Waals surface area contributed by atoms with Crippen LogP contribution in [0, 0.1) is 11.3 Å². The molecule has 0 saturated heterocycles. The molecule has 2 nitrogen and oxygen atoms in total. The fourth-order valence-corrected chi connectivity index (χ4v) is 1.88. The van der Waals surface area contributed by atoms with Crippen molar-refractivity contribution in [1.82, 2.24) is 5.32 Å². The summed E-state index contributed by atoms with van der Waals surface area (Å²) in [7, 11) is 0. The van der Waals surface area contributed by atoms with E-state index in [1.54, 1.807) is 0 Å². The number of nitriles is 1. The van der Waals surface area contributed by atoms with Gasteiger partial charge < -0.3 is 0 Å². The van der Waals surface area contributed by atoms with Crippen LogP contribution in [-0.2, 0) is 0 Å². The number of alkyl halides is 2. The van der Waals surface area contributed by atoms with E-state index in [1.807, 2.05) is 13.8 Å². The molecule has 0 aromatic carbocycles. The van der Waals surface area contributed by atoms with Crippen LogP contribution in [0.4, 0.5) is 8.78 Å². The minimum absolute atomic E-state index is 0.154. The lowest BCUT2D eigenvalue weighted by Gasteiger charge is -2.36. The van der Waals surface area contributed by atoms with Crippen molar-refractivity contribution in [2.75, 3.05) is 0 Å². The number of halogens is 2. The molecule has 4 heteroatoms. The van der Waals surface area contributed by atoms with Gasteiger partial charge in [-0.3, -0.25) is 5.32 Å². The first kappa shape index (κ1) is 11.4. The molecular formula is C10H16F2N2. The zero-order valence-electron chi connectivity index (χ0n) is 8.61. The summed E-state index contributed by atoms with van der Waals surface area (Å²) < 4.78 is 25.8. The Labute approximate surface area is 83.3 Å². The van der Waals surface area contributed by atoms with Gasteiger partial charge in [-0.05, 0) is 26.7 Å². The van der Waals surface area contributed by atoms with Crippen LogP contribution in [0.15, 0.2) is 0 Å². The lowest BCUT2D eigenvalue weighted by atomic mass is 9.80. The molecule has 80 valence electrons. The fraction of sp³-hybridized carbons (Fsp3) is 0.900. The van der Waals surface area contributed by atoms with Gasteiger partial charge in [-0.15, -0.1) is 0 Å². The van der Waals surface area contributed by atoms with Crippen molar-refractivity contribution in [3.63, 3.8) is 0 Å². The molecule has 1 N–H and O–H groups in total. The molecule has 0 aromatic heterocycles. The molecule has 1 rings (SSSR count). The Balaban J connectivity index is 2.63. The van der Waals surface area contributed by atoms with E-state index in [0.29, 0.717) is 0 Å². The Morgan fingerprint density at radius 3 is 2.07 bits per heavy atom. The van der Waals surface area contributed by atoms with Crippen molar-refractivity contribution in [2.24, 2.45) is 0 Å². The third-order valence-electron chi connectivity index (χ3n) is 2.61. The van der Waals surface area contributed by atoms with Gasteiger partial charge in [0, 0.05) is 18.9 Å². The molecule has 0 unspecified atom stereocenters. The quantitative estimate of drug-likeness (QED) is 0.746. The minimum atomic E-state index is -2.57. The number of hydrogen-bond donors (Lipinski definition) is 1. The first-order valence-electron chi connectivity index (χ1n) is 4.96. The molecule has 0 spiro atoms. The van der Waals surface area contributed by atoms with Crippen LogP contribution in [0.25, 0.3) is 0 Å². The van der Waals surface area contributed by atoms with E-state index in [0.717, 1.165) is 0 Å². The van der Waals surface area contributed by atoms with Crippen molar-refractivity contribution in [3.8, 4) is 6.07 Å². The molecule has 1 aliphatic rings. The van der Waals surface area contributed by atoms with Gasteiger partial charge in [0.2, 0.25) is 5.92 Å². The van der Waals surface area contributed by atoms with Crippen LogP contribution in [0.2, 0.25) is 0 Å². The predicted octanol–water partition coefficient (Wildman–Crippen LogP) is 2.46. The van der Waals surface area contributed by atoms with Gasteiger partial charge >= 0.3 is 0 Å². The van der Waals surface area contributed by atoms with E-state index in [9.17, 15) is 8.78 Å². The fourth-order valence-electron chi connectivity index (χ4n) is 1.88. The molecule has 14 heavy (non-hydrogen) atoms. The number of hydrogen-bond acceptors (Lipinski definition) is 2. The number of rotatable bonds is 2. The molecule has 0 atom stereocenters. The SMILES string of the molecule is CC(C)NC1(C#N)CCC(F)(F)CC1. The average molecular weight is 202 g/mol. The highest BCUT2D eigenvalue weighted by Gasteiger charge is 2.43. The van der Waals surface area contributed by atoms with Gasteiger partial charge in [-0.25, -0.2) is 8.78 Å². The van der Waals surface area contributed by atoms with Crippen LogP contribution >= 0.6 is 0 Å². The predicted molar refractivity (Wildman–Crippen MR) is 50.0 cm³/mol. The number of nitrogens with zero attached hydrogens (tertiary/aromatic N) is 1. The molecule has 0 bridgehead atoms. The molecule has 0 heterocycles. The summed E-state index contributed by atoms with van der Waals surface area (Å²) in [6.45, 7) is 3.84. The third kappa shape index (κ3) is 2.65. The second-order valence-corrected chi connectivity index (χ2v) is 4.35. The smallest absolute Gasteiger partial charge is 0.248 e. The van der Waals surface area contributed by atoms with Crippen molar-refractivity contribution in [3.05, 3.63) is 0 Å². The highest BCUT2D eigenvalue weighted by Crippen LogP contribution is 2.38. The standard InChI is InChI=1S/C10H16F2N2/c1-8(2)14-9(7-13)3-5-10(11,12)6-4-9/h8,14H,3-6H2,1-2H3. The minimum Gasteiger partial charge on any atom is -0.297 e. The summed E-state index contributed by atoms with van der Waals surface area (Å²) >= 11 is 0. The Morgan fingerprint density at radius 2 is 1.71 bits per heavy atom. The normalized spacial score (nSPS) is 24.6. The largest absolute Gasteiger partial charge is 0.297 e. The highest BCUT2D eigenvalue weighted by atomic mass is 19.3. The van der Waals surface area contributed by atoms with Gasteiger partial charge in [-0.2, -0.15) is 5.26 Å². The average Bonchev–Trinajstić information content (AvgIpc) is 2.09. The van der Waals surface area contributed by atoms with Crippen LogP contribution in [0.3, 0.4) is 0 Å². The Morgan fingerprint density at radius 1 is 1.21 bits per heavy atom. The molecular weight excluding hydrogens is 186 g/mol. The van der Waals surface area contributed by atoms with Crippen molar-refractivity contribution in [2.45, 2.75) is 57.0 Å². The van der Waals surface area contributed by atoms with Gasteiger partial charge in [-0.1, -0.05) is 0 Å². The van der Waals surface area contributed by atoms with Crippen molar-refractivity contribution < 1.29 is 8.78 Å². The Hall–Kier alpha value is -0.690. The second-order valence-electron chi connectivity index (χ2n) is 4.35. The molecule has 0 radical (unpaired) electrons. The topological polar surface area (TPSA) is 35.8 Å². The van der Waals surface area contributed by atoms with Gasteiger partial charge in [0.25, 0.3) is 0 Å². The summed E-state index contributed by atoms with van der Waals surface area (Å²) in [5.41, 5.74) is -0.726. The molecule has 1 aliphatic carbocycles. The van der Waals surface area contributed by atoms with Crippen molar-refractivity contribution in [1.29, 1.82) is 5.26 Å². The van der Waals surface area contributed by atoms with Crippen LogP contribution in [0.5, 0.6) is 0 Å². The summed E-state index contributed by atoms with van der Waals surface area (Å²) in [6.07, 6.45) is 0.129. The van der Waals surface area contributed by atoms with E-state index in [4.69, 9.17) is 5.26 Å². The highest BCUT2D eigenvalue weighted by molar-refractivity contribution is 5.10. The second kappa shape index (κ2) is 3.82. The molecule has 0 amide bonds. The first-order chi connectivity index (χ1) is 6.39. The molecule has 1 saturated carbocycles. The summed E-state index contributed by atoms with van der Waals surface area (Å²) in [4.78, 5) is 0.